The zero-order valence-electron chi connectivity index (χ0n) is 10.1. The fraction of sp³-hybridized carbons (Fsp3) is 0.214. The molecule has 0 saturated heterocycles. The molecule has 0 bridgehead atoms. The highest BCUT2D eigenvalue weighted by molar-refractivity contribution is 5.46. The fourth-order valence-corrected chi connectivity index (χ4v) is 1.49. The van der Waals surface area contributed by atoms with Gasteiger partial charge in [0.1, 0.15) is 12.4 Å². The summed E-state index contributed by atoms with van der Waals surface area (Å²) in [4.78, 5) is 4.04. The lowest BCUT2D eigenvalue weighted by atomic mass is 10.3. The van der Waals surface area contributed by atoms with Gasteiger partial charge < -0.3 is 9.30 Å². The summed E-state index contributed by atoms with van der Waals surface area (Å²) in [5.41, 5.74) is 2.26. The molecule has 17 heavy (non-hydrogen) atoms. The minimum Gasteiger partial charge on any atom is -0.487 e. The maximum absolute atomic E-state index is 5.75. The molecule has 88 valence electrons. The lowest BCUT2D eigenvalue weighted by Gasteiger charge is -2.10. The van der Waals surface area contributed by atoms with E-state index in [1.165, 1.54) is 5.57 Å². The van der Waals surface area contributed by atoms with E-state index < -0.39 is 0 Å². The molecule has 0 radical (unpaired) electrons. The van der Waals surface area contributed by atoms with Gasteiger partial charge in [0.2, 0.25) is 0 Å². The molecule has 3 nitrogen and oxygen atoms in total. The largest absolute Gasteiger partial charge is 0.487 e. The molecule has 3 heteroatoms. The van der Waals surface area contributed by atoms with Crippen molar-refractivity contribution < 1.29 is 4.74 Å². The Morgan fingerprint density at radius 1 is 1.35 bits per heavy atom. The van der Waals surface area contributed by atoms with Crippen molar-refractivity contribution in [2.75, 3.05) is 6.61 Å². The number of allylic oxidation sites excluding steroid dienone is 1. The summed E-state index contributed by atoms with van der Waals surface area (Å²) in [7, 11) is 0. The number of hydrogen-bond acceptors (Lipinski definition) is 2. The van der Waals surface area contributed by atoms with E-state index in [0.717, 1.165) is 11.4 Å². The van der Waals surface area contributed by atoms with Gasteiger partial charge in [0.25, 0.3) is 0 Å². The molecule has 0 fully saturated rings. The second kappa shape index (κ2) is 5.34. The highest BCUT2D eigenvalue weighted by atomic mass is 16.5. The number of nitrogens with zero attached hydrogens (tertiary/aromatic N) is 2. The molecule has 1 heterocycles. The van der Waals surface area contributed by atoms with Crippen LogP contribution in [-0.2, 0) is 0 Å². The molecule has 0 aliphatic heterocycles. The van der Waals surface area contributed by atoms with Crippen LogP contribution in [0.1, 0.15) is 13.8 Å². The van der Waals surface area contributed by atoms with Crippen molar-refractivity contribution in [3.8, 4) is 11.4 Å². The van der Waals surface area contributed by atoms with E-state index in [0.29, 0.717) is 6.61 Å². The summed E-state index contributed by atoms with van der Waals surface area (Å²) in [6, 6.07) is 7.94. The number of benzene rings is 1. The van der Waals surface area contributed by atoms with Crippen LogP contribution in [0.2, 0.25) is 0 Å². The van der Waals surface area contributed by atoms with Gasteiger partial charge in [-0.1, -0.05) is 17.7 Å². The number of ether oxygens (including phenoxy) is 1. The molecule has 0 aliphatic rings. The number of para-hydroxylation sites is 2. The molecule has 2 aromatic rings. The van der Waals surface area contributed by atoms with Crippen molar-refractivity contribution in [3.05, 3.63) is 54.6 Å². The third-order valence-corrected chi connectivity index (χ3v) is 2.38. The lowest BCUT2D eigenvalue weighted by Crippen LogP contribution is -1.99. The summed E-state index contributed by atoms with van der Waals surface area (Å²) < 4.78 is 7.69. The first-order chi connectivity index (χ1) is 8.27. The van der Waals surface area contributed by atoms with Crippen molar-refractivity contribution in [2.24, 2.45) is 0 Å². The Morgan fingerprint density at radius 3 is 2.88 bits per heavy atom. The van der Waals surface area contributed by atoms with Gasteiger partial charge in [0.15, 0.2) is 0 Å². The van der Waals surface area contributed by atoms with Crippen LogP contribution < -0.4 is 4.74 Å². The Hall–Kier alpha value is -2.03. The molecular weight excluding hydrogens is 212 g/mol. The van der Waals surface area contributed by atoms with Gasteiger partial charge in [-0.25, -0.2) is 4.98 Å². The molecule has 1 aromatic heterocycles. The van der Waals surface area contributed by atoms with Crippen molar-refractivity contribution in [2.45, 2.75) is 13.8 Å². The van der Waals surface area contributed by atoms with Crippen molar-refractivity contribution in [1.29, 1.82) is 0 Å². The Balaban J connectivity index is 2.20. The first-order valence-corrected chi connectivity index (χ1v) is 5.61. The van der Waals surface area contributed by atoms with E-state index >= 15 is 0 Å². The van der Waals surface area contributed by atoms with Crippen molar-refractivity contribution >= 4 is 0 Å². The minimum atomic E-state index is 0.591. The molecule has 0 atom stereocenters. The third-order valence-electron chi connectivity index (χ3n) is 2.38. The number of imidazole rings is 1. The Bertz CT molecular complexity index is 497. The van der Waals surface area contributed by atoms with Crippen LogP contribution in [-0.4, -0.2) is 16.2 Å². The molecule has 2 rings (SSSR count). The number of hydrogen-bond donors (Lipinski definition) is 0. The molecule has 0 unspecified atom stereocenters. The van der Waals surface area contributed by atoms with E-state index in [9.17, 15) is 0 Å². The zero-order valence-corrected chi connectivity index (χ0v) is 10.1. The first kappa shape index (κ1) is 11.5. The maximum Gasteiger partial charge on any atom is 0.143 e. The van der Waals surface area contributed by atoms with E-state index in [-0.39, 0.29) is 0 Å². The van der Waals surface area contributed by atoms with Gasteiger partial charge in [0, 0.05) is 12.4 Å². The van der Waals surface area contributed by atoms with Gasteiger partial charge in [-0.05, 0) is 32.1 Å². The van der Waals surface area contributed by atoms with Gasteiger partial charge in [0.05, 0.1) is 12.0 Å². The van der Waals surface area contributed by atoms with Gasteiger partial charge in [-0.2, -0.15) is 0 Å². The summed E-state index contributed by atoms with van der Waals surface area (Å²) in [6.07, 6.45) is 7.49. The van der Waals surface area contributed by atoms with Gasteiger partial charge in [-0.3, -0.25) is 0 Å². The normalized spacial score (nSPS) is 10.0. The van der Waals surface area contributed by atoms with E-state index in [4.69, 9.17) is 4.74 Å². The van der Waals surface area contributed by atoms with Crippen LogP contribution in [0.25, 0.3) is 5.69 Å². The van der Waals surface area contributed by atoms with E-state index in [1.807, 2.05) is 35.0 Å². The SMILES string of the molecule is CC(C)=CCOc1ccccc1-n1ccnc1. The average Bonchev–Trinajstić information content (AvgIpc) is 2.82. The van der Waals surface area contributed by atoms with Crippen molar-refractivity contribution in [3.63, 3.8) is 0 Å². The van der Waals surface area contributed by atoms with Crippen LogP contribution in [0.5, 0.6) is 5.75 Å². The highest BCUT2D eigenvalue weighted by Crippen LogP contribution is 2.22. The van der Waals surface area contributed by atoms with Gasteiger partial charge >= 0.3 is 0 Å². The molecule has 0 amide bonds. The topological polar surface area (TPSA) is 27.1 Å². The van der Waals surface area contributed by atoms with Crippen LogP contribution in [0, 0.1) is 0 Å². The van der Waals surface area contributed by atoms with E-state index in [2.05, 4.69) is 24.9 Å². The monoisotopic (exact) mass is 228 g/mol. The molecule has 0 aliphatic carbocycles. The number of rotatable bonds is 4. The molecule has 0 saturated carbocycles. The molecule has 0 spiro atoms. The van der Waals surface area contributed by atoms with Crippen LogP contribution >= 0.6 is 0 Å². The summed E-state index contributed by atoms with van der Waals surface area (Å²) in [5, 5.41) is 0. The van der Waals surface area contributed by atoms with Crippen LogP contribution in [0.4, 0.5) is 0 Å². The molecule has 1 aromatic carbocycles. The fourth-order valence-electron chi connectivity index (χ4n) is 1.49. The summed E-state index contributed by atoms with van der Waals surface area (Å²) >= 11 is 0. The third kappa shape index (κ3) is 2.97. The number of aromatic nitrogens is 2. The molecular formula is C14H16N2O. The van der Waals surface area contributed by atoms with Gasteiger partial charge in [-0.15, -0.1) is 0 Å². The Kier molecular flexibility index (Phi) is 3.60. The first-order valence-electron chi connectivity index (χ1n) is 5.61. The highest BCUT2D eigenvalue weighted by Gasteiger charge is 2.03. The molecule has 0 N–H and O–H groups in total. The average molecular weight is 228 g/mol. The Labute approximate surface area is 101 Å². The second-order valence-corrected chi connectivity index (χ2v) is 4.03. The predicted molar refractivity (Wildman–Crippen MR) is 68.5 cm³/mol. The van der Waals surface area contributed by atoms with Crippen LogP contribution in [0.3, 0.4) is 0 Å². The maximum atomic E-state index is 5.75. The Morgan fingerprint density at radius 2 is 2.18 bits per heavy atom. The predicted octanol–water partition coefficient (Wildman–Crippen LogP) is 3.22. The smallest absolute Gasteiger partial charge is 0.143 e. The summed E-state index contributed by atoms with van der Waals surface area (Å²) in [6.45, 7) is 4.71. The second-order valence-electron chi connectivity index (χ2n) is 4.03. The minimum absolute atomic E-state index is 0.591. The lowest BCUT2D eigenvalue weighted by molar-refractivity contribution is 0.360. The summed E-state index contributed by atoms with van der Waals surface area (Å²) in [5.74, 6) is 0.864. The van der Waals surface area contributed by atoms with Crippen molar-refractivity contribution in [1.82, 2.24) is 9.55 Å². The van der Waals surface area contributed by atoms with E-state index in [1.54, 1.807) is 12.5 Å². The quantitative estimate of drug-likeness (QED) is 0.751. The zero-order chi connectivity index (χ0) is 12.1. The van der Waals surface area contributed by atoms with Crippen LogP contribution in [0.15, 0.2) is 54.6 Å². The standard InChI is InChI=1S/C14H16N2O/c1-12(2)7-10-17-14-6-4-3-5-13(14)16-9-8-15-11-16/h3-9,11H,10H2,1-2H3.